The number of carbonyl (C=O) groups is 2. The molecule has 0 aromatic carbocycles. The number of hydrogen-bond acceptors (Lipinski definition) is 6. The van der Waals surface area contributed by atoms with Crippen LogP contribution < -0.4 is 11.1 Å². The first kappa shape index (κ1) is 22.3. The molecule has 0 saturated carbocycles. The first-order valence-corrected chi connectivity index (χ1v) is 10.5. The normalized spacial score (nSPS) is 18.5. The van der Waals surface area contributed by atoms with E-state index in [0.717, 1.165) is 11.1 Å². The average Bonchev–Trinajstić information content (AvgIpc) is 3.50. The summed E-state index contributed by atoms with van der Waals surface area (Å²) < 4.78 is 17.2. The number of hydrogen-bond donors (Lipinski definition) is 2. The van der Waals surface area contributed by atoms with Crippen molar-refractivity contribution < 1.29 is 14.0 Å². The molecule has 4 heterocycles. The highest BCUT2D eigenvalue weighted by Gasteiger charge is 2.41. The summed E-state index contributed by atoms with van der Waals surface area (Å²) in [7, 11) is 1.81. The van der Waals surface area contributed by atoms with Crippen LogP contribution in [0.25, 0.3) is 16.6 Å². The molecule has 11 heteroatoms. The maximum absolute atomic E-state index is 13.9. The van der Waals surface area contributed by atoms with Crippen LogP contribution in [0.1, 0.15) is 24.2 Å². The highest BCUT2D eigenvalue weighted by molar-refractivity contribution is 6.02. The van der Waals surface area contributed by atoms with Gasteiger partial charge in [0.2, 0.25) is 5.91 Å². The van der Waals surface area contributed by atoms with Crippen LogP contribution in [0.15, 0.2) is 30.9 Å². The zero-order valence-electron chi connectivity index (χ0n) is 18.6. The number of amides is 2. The molecule has 3 aromatic rings. The molecule has 3 aromatic heterocycles. The van der Waals surface area contributed by atoms with Crippen LogP contribution in [-0.4, -0.2) is 61.9 Å². The Bertz CT molecular complexity index is 1270. The lowest BCUT2D eigenvalue weighted by Gasteiger charge is -2.24. The molecule has 172 valence electrons. The lowest BCUT2D eigenvalue weighted by molar-refractivity contribution is -0.136. The predicted molar refractivity (Wildman–Crippen MR) is 119 cm³/mol. The summed E-state index contributed by atoms with van der Waals surface area (Å²) in [4.78, 5) is 26.4. The number of anilines is 1. The molecule has 1 aliphatic heterocycles. The number of alkyl halides is 1. The first-order chi connectivity index (χ1) is 15.6. The van der Waals surface area contributed by atoms with Crippen molar-refractivity contribution in [2.24, 2.45) is 24.1 Å². The number of halogens is 1. The van der Waals surface area contributed by atoms with Gasteiger partial charge in [0.1, 0.15) is 5.41 Å². The quantitative estimate of drug-likeness (QED) is 0.583. The molecular weight excluding hydrogens is 427 g/mol. The van der Waals surface area contributed by atoms with Crippen LogP contribution in [-0.2, 0) is 11.8 Å². The number of nitrogens with two attached hydrogens (primary N) is 1. The molecule has 4 rings (SSSR count). The van der Waals surface area contributed by atoms with Gasteiger partial charge in [0, 0.05) is 49.6 Å². The minimum Gasteiger partial charge on any atom is -0.378 e. The van der Waals surface area contributed by atoms with Gasteiger partial charge in [0.15, 0.2) is 0 Å². The van der Waals surface area contributed by atoms with Crippen LogP contribution in [0, 0.1) is 22.7 Å². The van der Waals surface area contributed by atoms with Gasteiger partial charge >= 0.3 is 0 Å². The third-order valence-corrected chi connectivity index (χ3v) is 6.01. The van der Waals surface area contributed by atoms with Crippen molar-refractivity contribution >= 4 is 23.0 Å². The van der Waals surface area contributed by atoms with Gasteiger partial charge in [-0.2, -0.15) is 15.5 Å². The molecule has 0 unspecified atom stereocenters. The third kappa shape index (κ3) is 4.00. The maximum Gasteiger partial charge on any atom is 0.252 e. The second-order valence-electron chi connectivity index (χ2n) is 8.87. The number of aryl methyl sites for hydroxylation is 1. The molecule has 33 heavy (non-hydrogen) atoms. The fraction of sp³-hybridized carbons (Fsp3) is 0.409. The minimum atomic E-state index is -1.21. The molecule has 2 atom stereocenters. The predicted octanol–water partition coefficient (Wildman–Crippen LogP) is 1.59. The molecule has 0 radical (unpaired) electrons. The smallest absolute Gasteiger partial charge is 0.252 e. The highest BCUT2D eigenvalue weighted by Crippen LogP contribution is 2.32. The Morgan fingerprint density at radius 3 is 2.64 bits per heavy atom. The number of aromatic nitrogens is 4. The second kappa shape index (κ2) is 8.20. The van der Waals surface area contributed by atoms with Gasteiger partial charge in [0.05, 0.1) is 47.9 Å². The van der Waals surface area contributed by atoms with E-state index >= 15 is 0 Å². The molecular formula is C22H25FN8O2. The number of nitrogens with zero attached hydrogens (tertiary/aromatic N) is 6. The minimum absolute atomic E-state index is 0.165. The zero-order chi connectivity index (χ0) is 23.9. The summed E-state index contributed by atoms with van der Waals surface area (Å²) in [6, 6.07) is 3.37. The average molecular weight is 452 g/mol. The van der Waals surface area contributed by atoms with Gasteiger partial charge in [0.25, 0.3) is 5.91 Å². The van der Waals surface area contributed by atoms with E-state index in [2.05, 4.69) is 15.5 Å². The highest BCUT2D eigenvalue weighted by atomic mass is 19.1. The van der Waals surface area contributed by atoms with Crippen LogP contribution >= 0.6 is 0 Å². The standard InChI is InChI=1S/C22H25FN8O2/c1-22(2,12-24)21(33)30-9-14(5-23)17(11-30)28-19-16(20(25)32)7-27-31-10-13(4-18(19)31)15-6-26-29(3)8-15/h4,6-8,10,14,17,28H,5,9,11H2,1-3H3,(H2,25,32)/t14-,17+/m0/s1. The van der Waals surface area contributed by atoms with Gasteiger partial charge in [-0.05, 0) is 19.9 Å². The van der Waals surface area contributed by atoms with E-state index in [4.69, 9.17) is 5.73 Å². The summed E-state index contributed by atoms with van der Waals surface area (Å²) in [5, 5.41) is 21.0. The molecule has 0 spiro atoms. The third-order valence-electron chi connectivity index (χ3n) is 6.01. The Morgan fingerprint density at radius 2 is 2.03 bits per heavy atom. The number of rotatable bonds is 6. The number of nitrogens with one attached hydrogen (secondary N) is 1. The van der Waals surface area contributed by atoms with Crippen molar-refractivity contribution in [1.82, 2.24) is 24.3 Å². The fourth-order valence-electron chi connectivity index (χ4n) is 4.11. The first-order valence-electron chi connectivity index (χ1n) is 10.5. The molecule has 1 fully saturated rings. The van der Waals surface area contributed by atoms with Crippen molar-refractivity contribution in [3.05, 3.63) is 36.4 Å². The summed E-state index contributed by atoms with van der Waals surface area (Å²) in [6.07, 6.45) is 6.74. The summed E-state index contributed by atoms with van der Waals surface area (Å²) in [5.41, 5.74) is 7.27. The van der Waals surface area contributed by atoms with E-state index in [0.29, 0.717) is 11.2 Å². The van der Waals surface area contributed by atoms with Crippen molar-refractivity contribution in [2.75, 3.05) is 25.1 Å². The Kier molecular flexibility index (Phi) is 5.53. The fourth-order valence-corrected chi connectivity index (χ4v) is 4.11. The summed E-state index contributed by atoms with van der Waals surface area (Å²) >= 11 is 0. The lowest BCUT2D eigenvalue weighted by atomic mass is 9.94. The van der Waals surface area contributed by atoms with E-state index in [-0.39, 0.29) is 24.6 Å². The summed E-state index contributed by atoms with van der Waals surface area (Å²) in [6.45, 7) is 2.79. The van der Waals surface area contributed by atoms with Gasteiger partial charge in [-0.15, -0.1) is 0 Å². The lowest BCUT2D eigenvalue weighted by Crippen LogP contribution is -2.40. The Morgan fingerprint density at radius 1 is 1.27 bits per heavy atom. The van der Waals surface area contributed by atoms with Crippen LogP contribution in [0.3, 0.4) is 0 Å². The van der Waals surface area contributed by atoms with Crippen molar-refractivity contribution in [3.8, 4) is 17.2 Å². The van der Waals surface area contributed by atoms with Gasteiger partial charge in [-0.3, -0.25) is 18.7 Å². The van der Waals surface area contributed by atoms with E-state index in [9.17, 15) is 19.2 Å². The SMILES string of the molecule is Cn1cc(-c2cc3c(N[C@@H]4CN(C(=O)C(C)(C)C#N)C[C@@H]4CF)c(C(N)=O)cnn3c2)cn1. The maximum atomic E-state index is 13.9. The Hall–Kier alpha value is -3.94. The van der Waals surface area contributed by atoms with Crippen LogP contribution in [0.2, 0.25) is 0 Å². The molecule has 1 aliphatic rings. The Balaban J connectivity index is 1.71. The molecule has 3 N–H and O–H groups in total. The van der Waals surface area contributed by atoms with Gasteiger partial charge in [-0.1, -0.05) is 0 Å². The van der Waals surface area contributed by atoms with Gasteiger partial charge in [-0.25, -0.2) is 4.52 Å². The second-order valence-corrected chi connectivity index (χ2v) is 8.87. The number of fused-ring (bicyclic) bond motifs is 1. The van der Waals surface area contributed by atoms with E-state index in [1.165, 1.54) is 11.1 Å². The monoisotopic (exact) mass is 452 g/mol. The van der Waals surface area contributed by atoms with E-state index < -0.39 is 30.0 Å². The van der Waals surface area contributed by atoms with Crippen molar-refractivity contribution in [2.45, 2.75) is 19.9 Å². The summed E-state index contributed by atoms with van der Waals surface area (Å²) in [5.74, 6) is -1.54. The van der Waals surface area contributed by atoms with Crippen LogP contribution in [0.4, 0.5) is 10.1 Å². The van der Waals surface area contributed by atoms with Crippen molar-refractivity contribution in [3.63, 3.8) is 0 Å². The van der Waals surface area contributed by atoms with Crippen LogP contribution in [0.5, 0.6) is 0 Å². The number of likely N-dealkylation sites (tertiary alicyclic amines) is 1. The van der Waals surface area contributed by atoms with Gasteiger partial charge < -0.3 is 16.0 Å². The number of carbonyl (C=O) groups excluding carboxylic acids is 2. The molecule has 2 amide bonds. The topological polar surface area (TPSA) is 134 Å². The largest absolute Gasteiger partial charge is 0.378 e. The molecule has 1 saturated heterocycles. The zero-order valence-corrected chi connectivity index (χ0v) is 18.6. The molecule has 0 aliphatic carbocycles. The Labute approximate surface area is 189 Å². The van der Waals surface area contributed by atoms with E-state index in [1.54, 1.807) is 35.4 Å². The van der Waals surface area contributed by atoms with E-state index in [1.807, 2.05) is 25.4 Å². The molecule has 0 bridgehead atoms. The van der Waals surface area contributed by atoms with Crippen molar-refractivity contribution in [1.29, 1.82) is 5.26 Å². The number of primary amides is 1. The molecule has 10 nitrogen and oxygen atoms in total. The number of nitriles is 1.